The molecular formula is C34H34O4. The van der Waals surface area contributed by atoms with E-state index in [1.807, 2.05) is 113 Å². The number of aliphatic hydroxyl groups is 1. The quantitative estimate of drug-likeness (QED) is 0.278. The van der Waals surface area contributed by atoms with Gasteiger partial charge in [0, 0.05) is 11.1 Å². The second-order valence-corrected chi connectivity index (χ2v) is 10.9. The van der Waals surface area contributed by atoms with Crippen molar-refractivity contribution in [2.75, 3.05) is 0 Å². The summed E-state index contributed by atoms with van der Waals surface area (Å²) in [7, 11) is 0. The highest BCUT2D eigenvalue weighted by Gasteiger charge is 2.31. The standard InChI is InChI=1S/C34H34O4/c1-22-12-15-25(16-13-22)30-28-21-24(18-19-34(6,37)27-10-8-7-9-11-27)14-17-26(28)20-23(2)29(30)31(32(35)36)38-33(3,4)5/h7-17,20-21,31,37H,1-6H3,(H,35,36)/t31-,34-/m0/s1. The molecule has 4 nitrogen and oxygen atoms in total. The molecule has 4 heteroatoms. The normalized spacial score (nSPS) is 13.9. The Morgan fingerprint density at radius 2 is 1.55 bits per heavy atom. The summed E-state index contributed by atoms with van der Waals surface area (Å²) < 4.78 is 6.11. The first kappa shape index (κ1) is 27.1. The highest BCUT2D eigenvalue weighted by atomic mass is 16.5. The van der Waals surface area contributed by atoms with Crippen LogP contribution < -0.4 is 0 Å². The first-order valence-electron chi connectivity index (χ1n) is 12.7. The van der Waals surface area contributed by atoms with Crippen molar-refractivity contribution >= 4 is 16.7 Å². The van der Waals surface area contributed by atoms with Crippen LogP contribution in [0.2, 0.25) is 0 Å². The molecule has 0 fully saturated rings. The molecule has 0 amide bonds. The minimum Gasteiger partial charge on any atom is -0.479 e. The zero-order valence-corrected chi connectivity index (χ0v) is 22.8. The number of hydrogen-bond acceptors (Lipinski definition) is 3. The van der Waals surface area contributed by atoms with E-state index in [-0.39, 0.29) is 0 Å². The lowest BCUT2D eigenvalue weighted by Crippen LogP contribution is -2.28. The lowest BCUT2D eigenvalue weighted by molar-refractivity contribution is -0.160. The van der Waals surface area contributed by atoms with Gasteiger partial charge in [0.05, 0.1) is 5.60 Å². The minimum atomic E-state index is -1.32. The molecule has 0 spiro atoms. The summed E-state index contributed by atoms with van der Waals surface area (Å²) in [5, 5.41) is 23.1. The van der Waals surface area contributed by atoms with Gasteiger partial charge in [-0.3, -0.25) is 0 Å². The Bertz CT molecular complexity index is 1530. The topological polar surface area (TPSA) is 66.8 Å². The maximum atomic E-state index is 12.5. The van der Waals surface area contributed by atoms with Crippen molar-refractivity contribution in [3.63, 3.8) is 0 Å². The maximum Gasteiger partial charge on any atom is 0.337 e. The summed E-state index contributed by atoms with van der Waals surface area (Å²) in [5.74, 6) is 5.11. The highest BCUT2D eigenvalue weighted by molar-refractivity contribution is 6.01. The lowest BCUT2D eigenvalue weighted by Gasteiger charge is -2.28. The highest BCUT2D eigenvalue weighted by Crippen LogP contribution is 2.41. The van der Waals surface area contributed by atoms with E-state index in [4.69, 9.17) is 4.74 Å². The zero-order valence-electron chi connectivity index (χ0n) is 22.8. The van der Waals surface area contributed by atoms with Gasteiger partial charge in [0.1, 0.15) is 5.60 Å². The van der Waals surface area contributed by atoms with Gasteiger partial charge in [-0.1, -0.05) is 84.1 Å². The van der Waals surface area contributed by atoms with Crippen LogP contribution in [-0.4, -0.2) is 21.8 Å². The number of aliphatic carboxylic acids is 1. The van der Waals surface area contributed by atoms with Gasteiger partial charge >= 0.3 is 5.97 Å². The van der Waals surface area contributed by atoms with Crippen LogP contribution in [0.15, 0.2) is 78.9 Å². The van der Waals surface area contributed by atoms with Gasteiger partial charge in [-0.2, -0.15) is 0 Å². The Kier molecular flexibility index (Phi) is 7.47. The molecule has 194 valence electrons. The predicted octanol–water partition coefficient (Wildman–Crippen LogP) is 7.32. The zero-order chi connectivity index (χ0) is 27.7. The SMILES string of the molecule is Cc1ccc(-c2c([C@H](OC(C)(C)C)C(=O)O)c(C)cc3ccc(C#C[C@](C)(O)c4ccccc4)cc23)cc1. The number of benzene rings is 4. The van der Waals surface area contributed by atoms with Crippen LogP contribution in [0.25, 0.3) is 21.9 Å². The average Bonchev–Trinajstić information content (AvgIpc) is 2.86. The Labute approximate surface area is 224 Å². The molecule has 2 atom stereocenters. The summed E-state index contributed by atoms with van der Waals surface area (Å²) in [4.78, 5) is 12.5. The minimum absolute atomic E-state index is 0.630. The van der Waals surface area contributed by atoms with E-state index in [1.165, 1.54) is 0 Å². The summed E-state index contributed by atoms with van der Waals surface area (Å²) >= 11 is 0. The monoisotopic (exact) mass is 506 g/mol. The third kappa shape index (κ3) is 5.97. The fourth-order valence-corrected chi connectivity index (χ4v) is 4.61. The fourth-order valence-electron chi connectivity index (χ4n) is 4.61. The van der Waals surface area contributed by atoms with Crippen LogP contribution in [-0.2, 0) is 15.1 Å². The van der Waals surface area contributed by atoms with Gasteiger partial charge in [0.15, 0.2) is 6.10 Å². The first-order valence-corrected chi connectivity index (χ1v) is 12.7. The number of fused-ring (bicyclic) bond motifs is 1. The van der Waals surface area contributed by atoms with Crippen molar-refractivity contribution in [1.29, 1.82) is 0 Å². The number of carboxylic acid groups (broad SMARTS) is 1. The maximum absolute atomic E-state index is 12.5. The van der Waals surface area contributed by atoms with Gasteiger partial charge in [-0.25, -0.2) is 4.79 Å². The van der Waals surface area contributed by atoms with E-state index in [1.54, 1.807) is 6.92 Å². The van der Waals surface area contributed by atoms with Crippen molar-refractivity contribution in [3.8, 4) is 23.0 Å². The van der Waals surface area contributed by atoms with Crippen LogP contribution in [0.3, 0.4) is 0 Å². The van der Waals surface area contributed by atoms with Gasteiger partial charge < -0.3 is 14.9 Å². The molecule has 4 rings (SSSR count). The summed E-state index contributed by atoms with van der Waals surface area (Å²) in [6, 6.07) is 25.3. The van der Waals surface area contributed by atoms with Crippen molar-refractivity contribution in [3.05, 3.63) is 107 Å². The molecule has 0 aromatic heterocycles. The second kappa shape index (κ2) is 10.5. The largest absolute Gasteiger partial charge is 0.479 e. The average molecular weight is 507 g/mol. The van der Waals surface area contributed by atoms with Gasteiger partial charge in [0.2, 0.25) is 0 Å². The molecule has 0 heterocycles. The molecule has 4 aromatic rings. The Morgan fingerprint density at radius 1 is 0.895 bits per heavy atom. The van der Waals surface area contributed by atoms with E-state index in [0.29, 0.717) is 5.56 Å². The molecule has 0 unspecified atom stereocenters. The van der Waals surface area contributed by atoms with E-state index < -0.39 is 23.3 Å². The number of carbonyl (C=O) groups is 1. The molecule has 0 aliphatic carbocycles. The Morgan fingerprint density at radius 3 is 2.16 bits per heavy atom. The van der Waals surface area contributed by atoms with Gasteiger partial charge in [0.25, 0.3) is 0 Å². The molecule has 0 aliphatic heterocycles. The molecular weight excluding hydrogens is 472 g/mol. The number of aryl methyl sites for hydroxylation is 2. The molecule has 0 bridgehead atoms. The van der Waals surface area contributed by atoms with Crippen molar-refractivity contribution in [2.45, 2.75) is 58.8 Å². The third-order valence-electron chi connectivity index (χ3n) is 6.47. The van der Waals surface area contributed by atoms with E-state index in [2.05, 4.69) is 11.8 Å². The molecule has 0 saturated carbocycles. The van der Waals surface area contributed by atoms with Crippen molar-refractivity contribution in [1.82, 2.24) is 0 Å². The smallest absolute Gasteiger partial charge is 0.337 e. The van der Waals surface area contributed by atoms with E-state index in [0.717, 1.165) is 44.2 Å². The van der Waals surface area contributed by atoms with Crippen LogP contribution in [0.5, 0.6) is 0 Å². The number of rotatable bonds is 5. The fraction of sp³-hybridized carbons (Fsp3) is 0.265. The van der Waals surface area contributed by atoms with Crippen molar-refractivity contribution in [2.24, 2.45) is 0 Å². The van der Waals surface area contributed by atoms with E-state index in [9.17, 15) is 15.0 Å². The first-order chi connectivity index (χ1) is 17.9. The van der Waals surface area contributed by atoms with Crippen LogP contribution in [0.1, 0.15) is 61.6 Å². The molecule has 0 saturated heterocycles. The Hall–Kier alpha value is -3.91. The number of carboxylic acids is 1. The van der Waals surface area contributed by atoms with E-state index >= 15 is 0 Å². The lowest BCUT2D eigenvalue weighted by atomic mass is 9.86. The van der Waals surface area contributed by atoms with Gasteiger partial charge in [-0.15, -0.1) is 0 Å². The summed E-state index contributed by atoms with van der Waals surface area (Å²) in [5.41, 5.74) is 3.77. The third-order valence-corrected chi connectivity index (χ3v) is 6.47. The molecule has 38 heavy (non-hydrogen) atoms. The Balaban J connectivity index is 1.96. The summed E-state index contributed by atoms with van der Waals surface area (Å²) in [6.45, 7) is 11.2. The number of ether oxygens (including phenoxy) is 1. The van der Waals surface area contributed by atoms with Crippen LogP contribution >= 0.6 is 0 Å². The summed E-state index contributed by atoms with van der Waals surface area (Å²) in [6.07, 6.45) is -1.15. The van der Waals surface area contributed by atoms with Crippen molar-refractivity contribution < 1.29 is 19.7 Å². The number of hydrogen-bond donors (Lipinski definition) is 2. The van der Waals surface area contributed by atoms with Gasteiger partial charge in [-0.05, 0) is 86.7 Å². The second-order valence-electron chi connectivity index (χ2n) is 10.9. The molecule has 0 aliphatic rings. The molecule has 2 N–H and O–H groups in total. The van der Waals surface area contributed by atoms with Crippen LogP contribution in [0.4, 0.5) is 0 Å². The van der Waals surface area contributed by atoms with Crippen LogP contribution in [0, 0.1) is 25.7 Å². The molecule has 0 radical (unpaired) electrons. The molecule has 4 aromatic carbocycles. The predicted molar refractivity (Wildman–Crippen MR) is 153 cm³/mol.